The van der Waals surface area contributed by atoms with Gasteiger partial charge in [0.2, 0.25) is 0 Å². The van der Waals surface area contributed by atoms with E-state index in [4.69, 9.17) is 4.74 Å². The highest BCUT2D eigenvalue weighted by Gasteiger charge is 2.23. The van der Waals surface area contributed by atoms with Gasteiger partial charge < -0.3 is 15.4 Å². The van der Waals surface area contributed by atoms with Crippen molar-refractivity contribution in [3.05, 3.63) is 65.2 Å². The third-order valence-corrected chi connectivity index (χ3v) is 5.25. The highest BCUT2D eigenvalue weighted by molar-refractivity contribution is 5.79. The highest BCUT2D eigenvalue weighted by Crippen LogP contribution is 2.21. The molecule has 3 rings (SSSR count). The van der Waals surface area contributed by atoms with Crippen LogP contribution in [0, 0.1) is 12.7 Å². The minimum Gasteiger partial charge on any atom is -0.379 e. The topological polar surface area (TPSA) is 61.8 Å². The molecular weight excluding hydrogens is 369 g/mol. The van der Waals surface area contributed by atoms with Gasteiger partial charge in [-0.25, -0.2) is 4.39 Å². The molecule has 29 heavy (non-hydrogen) atoms. The van der Waals surface area contributed by atoms with E-state index in [1.54, 1.807) is 7.05 Å². The van der Waals surface area contributed by atoms with E-state index < -0.39 is 0 Å². The third-order valence-electron chi connectivity index (χ3n) is 5.25. The second-order valence-electron chi connectivity index (χ2n) is 7.15. The van der Waals surface area contributed by atoms with E-state index >= 15 is 0 Å². The molecule has 0 saturated carbocycles. The first-order chi connectivity index (χ1) is 14.2. The summed E-state index contributed by atoms with van der Waals surface area (Å²) in [5.74, 6) is 0.545. The third kappa shape index (κ3) is 6.24. The number of rotatable bonds is 7. The molecule has 2 heterocycles. The maximum atomic E-state index is 13.4. The summed E-state index contributed by atoms with van der Waals surface area (Å²) >= 11 is 0. The van der Waals surface area contributed by atoms with Crippen LogP contribution in [0.5, 0.6) is 0 Å². The lowest BCUT2D eigenvalue weighted by Gasteiger charge is -2.35. The quantitative estimate of drug-likeness (QED) is 0.553. The molecule has 0 radical (unpaired) electrons. The van der Waals surface area contributed by atoms with E-state index in [2.05, 4.69) is 38.5 Å². The number of aromatic nitrogens is 1. The molecule has 6 nitrogen and oxygen atoms in total. The van der Waals surface area contributed by atoms with Crippen molar-refractivity contribution in [1.29, 1.82) is 0 Å². The van der Waals surface area contributed by atoms with Crippen molar-refractivity contribution >= 4 is 5.96 Å². The van der Waals surface area contributed by atoms with Crippen LogP contribution in [0.3, 0.4) is 0 Å². The van der Waals surface area contributed by atoms with Crippen LogP contribution in [0.2, 0.25) is 0 Å². The SMILES string of the molecule is CN=C(NCCc1ccncc1C)NCC(c1ccc(F)cc1)N1CCOCC1. The lowest BCUT2D eigenvalue weighted by atomic mass is 10.0. The Kier molecular flexibility index (Phi) is 7.95. The van der Waals surface area contributed by atoms with E-state index in [1.165, 1.54) is 23.3 Å². The fourth-order valence-electron chi connectivity index (χ4n) is 3.54. The Morgan fingerprint density at radius 3 is 2.66 bits per heavy atom. The molecule has 0 amide bonds. The molecule has 1 aromatic heterocycles. The number of halogens is 1. The van der Waals surface area contributed by atoms with E-state index in [9.17, 15) is 4.39 Å². The van der Waals surface area contributed by atoms with Crippen molar-refractivity contribution in [2.45, 2.75) is 19.4 Å². The molecule has 1 unspecified atom stereocenters. The Bertz CT molecular complexity index is 790. The minimum absolute atomic E-state index is 0.125. The fraction of sp³-hybridized carbons (Fsp3) is 0.455. The average Bonchev–Trinajstić information content (AvgIpc) is 2.76. The summed E-state index contributed by atoms with van der Waals surface area (Å²) in [7, 11) is 1.77. The van der Waals surface area contributed by atoms with Crippen LogP contribution in [-0.2, 0) is 11.2 Å². The molecule has 1 aliphatic rings. The second kappa shape index (κ2) is 10.9. The summed E-state index contributed by atoms with van der Waals surface area (Å²) in [5.41, 5.74) is 3.56. The number of ether oxygens (including phenoxy) is 1. The Morgan fingerprint density at radius 2 is 1.97 bits per heavy atom. The van der Waals surface area contributed by atoms with Crippen molar-refractivity contribution in [2.75, 3.05) is 46.4 Å². The number of aryl methyl sites for hydroxylation is 1. The van der Waals surface area contributed by atoms with E-state index in [0.29, 0.717) is 6.54 Å². The van der Waals surface area contributed by atoms with Gasteiger partial charge in [0.15, 0.2) is 5.96 Å². The predicted octanol–water partition coefficient (Wildman–Crippen LogP) is 2.31. The molecule has 0 aliphatic carbocycles. The lowest BCUT2D eigenvalue weighted by Crippen LogP contribution is -2.46. The van der Waals surface area contributed by atoms with Gasteiger partial charge in [-0.15, -0.1) is 0 Å². The van der Waals surface area contributed by atoms with Crippen LogP contribution in [0.1, 0.15) is 22.7 Å². The first-order valence-electron chi connectivity index (χ1n) is 10.1. The molecule has 0 bridgehead atoms. The van der Waals surface area contributed by atoms with Gasteiger partial charge in [-0.05, 0) is 48.2 Å². The van der Waals surface area contributed by atoms with Gasteiger partial charge in [0.25, 0.3) is 0 Å². The number of morpholine rings is 1. The normalized spacial score (nSPS) is 16.4. The zero-order valence-corrected chi connectivity index (χ0v) is 17.2. The van der Waals surface area contributed by atoms with Gasteiger partial charge in [0.05, 0.1) is 19.3 Å². The Balaban J connectivity index is 1.58. The van der Waals surface area contributed by atoms with Crippen LogP contribution in [0.25, 0.3) is 0 Å². The first kappa shape index (κ1) is 21.2. The molecule has 2 N–H and O–H groups in total. The Labute approximate surface area is 172 Å². The molecule has 1 fully saturated rings. The smallest absolute Gasteiger partial charge is 0.191 e. The van der Waals surface area contributed by atoms with E-state index in [1.807, 2.05) is 24.5 Å². The van der Waals surface area contributed by atoms with Crippen LogP contribution in [-0.4, -0.2) is 62.3 Å². The Morgan fingerprint density at radius 1 is 1.21 bits per heavy atom. The largest absolute Gasteiger partial charge is 0.379 e. The maximum absolute atomic E-state index is 13.4. The summed E-state index contributed by atoms with van der Waals surface area (Å²) in [6.07, 6.45) is 4.61. The average molecular weight is 400 g/mol. The van der Waals surface area contributed by atoms with Gasteiger partial charge in [0.1, 0.15) is 5.82 Å². The van der Waals surface area contributed by atoms with Gasteiger partial charge in [-0.2, -0.15) is 0 Å². The molecule has 0 spiro atoms. The van der Waals surface area contributed by atoms with Crippen LogP contribution >= 0.6 is 0 Å². The molecular formula is C22H30FN5O. The van der Waals surface area contributed by atoms with E-state index in [-0.39, 0.29) is 11.9 Å². The fourth-order valence-corrected chi connectivity index (χ4v) is 3.54. The molecule has 2 aromatic rings. The van der Waals surface area contributed by atoms with Crippen molar-refractivity contribution in [2.24, 2.45) is 4.99 Å². The number of pyridine rings is 1. The number of hydrogen-bond acceptors (Lipinski definition) is 4. The predicted molar refractivity (Wildman–Crippen MR) is 114 cm³/mol. The Hall–Kier alpha value is -2.51. The minimum atomic E-state index is -0.216. The molecule has 156 valence electrons. The summed E-state index contributed by atoms with van der Waals surface area (Å²) in [6.45, 7) is 6.69. The van der Waals surface area contributed by atoms with Crippen LogP contribution < -0.4 is 10.6 Å². The van der Waals surface area contributed by atoms with Gasteiger partial charge in [-0.3, -0.25) is 14.9 Å². The van der Waals surface area contributed by atoms with Gasteiger partial charge in [0, 0.05) is 45.6 Å². The van der Waals surface area contributed by atoms with E-state index in [0.717, 1.165) is 50.8 Å². The number of guanidine groups is 1. The number of nitrogens with one attached hydrogen (secondary N) is 2. The number of hydrogen-bond donors (Lipinski definition) is 2. The highest BCUT2D eigenvalue weighted by atomic mass is 19.1. The maximum Gasteiger partial charge on any atom is 0.191 e. The van der Waals surface area contributed by atoms with Crippen LogP contribution in [0.15, 0.2) is 47.7 Å². The summed E-state index contributed by atoms with van der Waals surface area (Å²) in [5, 5.41) is 6.81. The van der Waals surface area contributed by atoms with Gasteiger partial charge >= 0.3 is 0 Å². The molecule has 1 atom stereocenters. The molecule has 7 heteroatoms. The molecule has 1 saturated heterocycles. The molecule has 1 aromatic carbocycles. The molecule has 1 aliphatic heterocycles. The monoisotopic (exact) mass is 399 g/mol. The number of benzene rings is 1. The van der Waals surface area contributed by atoms with Crippen molar-refractivity contribution < 1.29 is 9.13 Å². The standard InChI is InChI=1S/C22H30FN5O/c1-17-15-25-9-7-18(17)8-10-26-22(24-2)27-16-21(28-11-13-29-14-12-28)19-3-5-20(23)6-4-19/h3-7,9,15,21H,8,10-14,16H2,1-2H3,(H2,24,26,27). The first-order valence-corrected chi connectivity index (χ1v) is 10.1. The number of nitrogens with zero attached hydrogens (tertiary/aromatic N) is 3. The van der Waals surface area contributed by atoms with Crippen LogP contribution in [0.4, 0.5) is 4.39 Å². The van der Waals surface area contributed by atoms with Crippen molar-refractivity contribution in [3.8, 4) is 0 Å². The summed E-state index contributed by atoms with van der Waals surface area (Å²) < 4.78 is 18.9. The van der Waals surface area contributed by atoms with Crippen molar-refractivity contribution in [1.82, 2.24) is 20.5 Å². The zero-order chi connectivity index (χ0) is 20.5. The summed E-state index contributed by atoms with van der Waals surface area (Å²) in [6, 6.07) is 8.94. The summed E-state index contributed by atoms with van der Waals surface area (Å²) in [4.78, 5) is 10.9. The zero-order valence-electron chi connectivity index (χ0n) is 17.2. The second-order valence-corrected chi connectivity index (χ2v) is 7.15. The van der Waals surface area contributed by atoms with Gasteiger partial charge in [-0.1, -0.05) is 12.1 Å². The lowest BCUT2D eigenvalue weighted by molar-refractivity contribution is 0.0170. The number of aliphatic imine (C=N–C) groups is 1. The van der Waals surface area contributed by atoms with Crippen molar-refractivity contribution in [3.63, 3.8) is 0 Å².